The Morgan fingerprint density at radius 2 is 2.30 bits per heavy atom. The number of hydrogen-bond acceptors (Lipinski definition) is 2. The third-order valence-corrected chi connectivity index (χ3v) is 3.24. The van der Waals surface area contributed by atoms with Gasteiger partial charge >= 0.3 is 5.97 Å². The summed E-state index contributed by atoms with van der Waals surface area (Å²) >= 11 is 1.69. The van der Waals surface area contributed by atoms with Crippen molar-refractivity contribution in [3.05, 3.63) is 0 Å². The molecule has 0 radical (unpaired) electrons. The second-order valence-corrected chi connectivity index (χ2v) is 3.73. The zero-order chi connectivity index (χ0) is 7.56. The van der Waals surface area contributed by atoms with Crippen molar-refractivity contribution in [2.24, 2.45) is 5.92 Å². The van der Waals surface area contributed by atoms with Crippen LogP contribution in [0.15, 0.2) is 0 Å². The molecule has 2 atom stereocenters. The van der Waals surface area contributed by atoms with Gasteiger partial charge in [0.25, 0.3) is 0 Å². The highest BCUT2D eigenvalue weighted by atomic mass is 32.2. The fourth-order valence-corrected chi connectivity index (χ4v) is 2.47. The molecule has 1 fully saturated rings. The van der Waals surface area contributed by atoms with Gasteiger partial charge < -0.3 is 5.11 Å². The molecule has 0 aromatic carbocycles. The molecule has 0 saturated heterocycles. The van der Waals surface area contributed by atoms with E-state index in [2.05, 4.69) is 0 Å². The fraction of sp³-hybridized carbons (Fsp3) is 0.857. The zero-order valence-electron chi connectivity index (χ0n) is 6.04. The summed E-state index contributed by atoms with van der Waals surface area (Å²) in [5.74, 6) is -0.688. The first-order valence-electron chi connectivity index (χ1n) is 3.51. The highest BCUT2D eigenvalue weighted by molar-refractivity contribution is 7.99. The van der Waals surface area contributed by atoms with E-state index in [9.17, 15) is 4.79 Å². The lowest BCUT2D eigenvalue weighted by Gasteiger charge is -2.11. The Balaban J connectivity index is 2.50. The Morgan fingerprint density at radius 3 is 2.70 bits per heavy atom. The molecule has 10 heavy (non-hydrogen) atoms. The fourth-order valence-electron chi connectivity index (χ4n) is 1.49. The van der Waals surface area contributed by atoms with Gasteiger partial charge in [-0.05, 0) is 19.1 Å². The molecule has 58 valence electrons. The van der Waals surface area contributed by atoms with Crippen molar-refractivity contribution < 1.29 is 9.90 Å². The van der Waals surface area contributed by atoms with Crippen LogP contribution in [0.4, 0.5) is 0 Å². The Kier molecular flexibility index (Phi) is 2.60. The van der Waals surface area contributed by atoms with Gasteiger partial charge in [-0.1, -0.05) is 6.42 Å². The number of thioether (sulfide) groups is 1. The lowest BCUT2D eigenvalue weighted by molar-refractivity contribution is -0.141. The topological polar surface area (TPSA) is 37.3 Å². The van der Waals surface area contributed by atoms with E-state index in [1.165, 1.54) is 0 Å². The average molecular weight is 160 g/mol. The summed E-state index contributed by atoms with van der Waals surface area (Å²) in [6.45, 7) is 0. The smallest absolute Gasteiger partial charge is 0.307 e. The van der Waals surface area contributed by atoms with E-state index >= 15 is 0 Å². The van der Waals surface area contributed by atoms with Crippen molar-refractivity contribution >= 4 is 17.7 Å². The second-order valence-electron chi connectivity index (χ2n) is 2.65. The van der Waals surface area contributed by atoms with E-state index in [0.29, 0.717) is 5.25 Å². The monoisotopic (exact) mass is 160 g/mol. The van der Waals surface area contributed by atoms with Crippen LogP contribution < -0.4 is 0 Å². The van der Waals surface area contributed by atoms with Crippen LogP contribution in [0.1, 0.15) is 19.3 Å². The number of rotatable bonds is 2. The van der Waals surface area contributed by atoms with Crippen LogP contribution in [0.5, 0.6) is 0 Å². The number of hydrogen-bond donors (Lipinski definition) is 1. The number of carbonyl (C=O) groups is 1. The molecule has 0 amide bonds. The van der Waals surface area contributed by atoms with Crippen molar-refractivity contribution in [3.8, 4) is 0 Å². The maximum atomic E-state index is 10.6. The second kappa shape index (κ2) is 3.28. The summed E-state index contributed by atoms with van der Waals surface area (Å²) < 4.78 is 0. The SMILES string of the molecule is CSC1CCCC1C(=O)O. The molecule has 1 rings (SSSR count). The van der Waals surface area contributed by atoms with Gasteiger partial charge in [-0.25, -0.2) is 0 Å². The van der Waals surface area contributed by atoms with Gasteiger partial charge in [0.2, 0.25) is 0 Å². The summed E-state index contributed by atoms with van der Waals surface area (Å²) in [5, 5.41) is 9.07. The zero-order valence-corrected chi connectivity index (χ0v) is 6.86. The third-order valence-electron chi connectivity index (χ3n) is 2.07. The Labute approximate surface area is 65.0 Å². The van der Waals surface area contributed by atoms with Crippen LogP contribution >= 0.6 is 11.8 Å². The lowest BCUT2D eigenvalue weighted by Crippen LogP contribution is -2.19. The van der Waals surface area contributed by atoms with Gasteiger partial charge in [-0.3, -0.25) is 4.79 Å². The minimum absolute atomic E-state index is 0.0741. The lowest BCUT2D eigenvalue weighted by atomic mass is 10.1. The van der Waals surface area contributed by atoms with E-state index in [1.807, 2.05) is 6.26 Å². The van der Waals surface area contributed by atoms with Gasteiger partial charge in [0.1, 0.15) is 0 Å². The van der Waals surface area contributed by atoms with Crippen molar-refractivity contribution in [1.29, 1.82) is 0 Å². The Hall–Kier alpha value is -0.180. The highest BCUT2D eigenvalue weighted by Gasteiger charge is 2.31. The summed E-state index contributed by atoms with van der Waals surface area (Å²) in [7, 11) is 0. The number of carboxylic acids is 1. The molecule has 0 aromatic rings. The van der Waals surface area contributed by atoms with Gasteiger partial charge in [0.05, 0.1) is 5.92 Å². The van der Waals surface area contributed by atoms with Gasteiger partial charge in [-0.2, -0.15) is 11.8 Å². The van der Waals surface area contributed by atoms with E-state index < -0.39 is 5.97 Å². The largest absolute Gasteiger partial charge is 0.481 e. The van der Waals surface area contributed by atoms with Crippen LogP contribution in [0.25, 0.3) is 0 Å². The van der Waals surface area contributed by atoms with E-state index in [0.717, 1.165) is 19.3 Å². The number of carboxylic acid groups (broad SMARTS) is 1. The van der Waals surface area contributed by atoms with Crippen molar-refractivity contribution in [2.75, 3.05) is 6.26 Å². The van der Waals surface area contributed by atoms with Gasteiger partial charge in [-0.15, -0.1) is 0 Å². The number of aliphatic carboxylic acids is 1. The highest BCUT2D eigenvalue weighted by Crippen LogP contribution is 2.33. The van der Waals surface area contributed by atoms with Crippen molar-refractivity contribution in [2.45, 2.75) is 24.5 Å². The molecule has 1 aliphatic rings. The third kappa shape index (κ3) is 1.45. The summed E-state index contributed by atoms with van der Waals surface area (Å²) in [6, 6.07) is 0. The molecular formula is C7H12O2S. The van der Waals surface area contributed by atoms with Crippen LogP contribution in [-0.2, 0) is 4.79 Å². The average Bonchev–Trinajstić information content (AvgIpc) is 2.33. The molecule has 0 aromatic heterocycles. The maximum absolute atomic E-state index is 10.6. The molecule has 1 saturated carbocycles. The first kappa shape index (κ1) is 7.92. The predicted molar refractivity (Wildman–Crippen MR) is 42.3 cm³/mol. The molecule has 0 spiro atoms. The molecule has 0 aliphatic heterocycles. The minimum atomic E-state index is -0.614. The molecule has 3 heteroatoms. The van der Waals surface area contributed by atoms with E-state index in [1.54, 1.807) is 11.8 Å². The van der Waals surface area contributed by atoms with Crippen LogP contribution in [0.2, 0.25) is 0 Å². The summed E-state index contributed by atoms with van der Waals surface area (Å²) in [4.78, 5) is 10.6. The van der Waals surface area contributed by atoms with Crippen molar-refractivity contribution in [1.82, 2.24) is 0 Å². The predicted octanol–water partition coefficient (Wildman–Crippen LogP) is 1.60. The Bertz CT molecular complexity index is 136. The minimum Gasteiger partial charge on any atom is -0.481 e. The van der Waals surface area contributed by atoms with Crippen LogP contribution in [-0.4, -0.2) is 22.6 Å². The quantitative estimate of drug-likeness (QED) is 0.666. The molecule has 1 aliphatic carbocycles. The van der Waals surface area contributed by atoms with E-state index in [-0.39, 0.29) is 5.92 Å². The Morgan fingerprint density at radius 1 is 1.60 bits per heavy atom. The molecule has 0 heterocycles. The first-order chi connectivity index (χ1) is 4.75. The van der Waals surface area contributed by atoms with Gasteiger partial charge in [0.15, 0.2) is 0 Å². The molecule has 1 N–H and O–H groups in total. The summed E-state index contributed by atoms with van der Waals surface area (Å²) in [6.07, 6.45) is 5.04. The molecule has 2 unspecified atom stereocenters. The maximum Gasteiger partial charge on any atom is 0.307 e. The van der Waals surface area contributed by atoms with Crippen molar-refractivity contribution in [3.63, 3.8) is 0 Å². The first-order valence-corrected chi connectivity index (χ1v) is 4.80. The standard InChI is InChI=1S/C7H12O2S/c1-10-6-4-2-3-5(6)7(8)9/h5-6H,2-4H2,1H3,(H,8,9). The normalized spacial score (nSPS) is 32.5. The van der Waals surface area contributed by atoms with Crippen LogP contribution in [0.3, 0.4) is 0 Å². The van der Waals surface area contributed by atoms with Gasteiger partial charge in [0, 0.05) is 5.25 Å². The van der Waals surface area contributed by atoms with Crippen LogP contribution in [0, 0.1) is 5.92 Å². The summed E-state index contributed by atoms with van der Waals surface area (Å²) in [5.41, 5.74) is 0. The molecular weight excluding hydrogens is 148 g/mol. The molecule has 0 bridgehead atoms. The molecule has 2 nitrogen and oxygen atoms in total. The van der Waals surface area contributed by atoms with E-state index in [4.69, 9.17) is 5.11 Å².